The Kier molecular flexibility index (Phi) is 4.53. The van der Waals surface area contributed by atoms with E-state index in [2.05, 4.69) is 20.4 Å². The third-order valence-electron chi connectivity index (χ3n) is 3.91. The maximum Gasteiger partial charge on any atom is 0.416 e. The van der Waals surface area contributed by atoms with Gasteiger partial charge in [-0.1, -0.05) is 29.5 Å². The standard InChI is InChI=1S/C18H14F3N5S/c19-18(20,21)13-5-3-4-12(10-13)15-11-26-17(24-15)27-16(25-26)23-9-7-14-6-1-2-8-22-14/h1-6,8,10-11H,7,9H2,(H,23,25). The average molecular weight is 389 g/mol. The molecular formula is C18H14F3N5S. The number of pyridine rings is 1. The molecule has 27 heavy (non-hydrogen) atoms. The minimum atomic E-state index is -4.38. The number of rotatable bonds is 5. The van der Waals surface area contributed by atoms with E-state index >= 15 is 0 Å². The van der Waals surface area contributed by atoms with E-state index < -0.39 is 11.7 Å². The summed E-state index contributed by atoms with van der Waals surface area (Å²) >= 11 is 1.34. The highest BCUT2D eigenvalue weighted by molar-refractivity contribution is 7.20. The summed E-state index contributed by atoms with van der Waals surface area (Å²) in [5, 5.41) is 8.29. The summed E-state index contributed by atoms with van der Waals surface area (Å²) in [6.07, 6.45) is -0.234. The Bertz CT molecular complexity index is 1020. The van der Waals surface area contributed by atoms with Crippen LogP contribution in [0.15, 0.2) is 54.9 Å². The molecule has 138 valence electrons. The van der Waals surface area contributed by atoms with Gasteiger partial charge >= 0.3 is 6.18 Å². The Morgan fingerprint density at radius 2 is 2.00 bits per heavy atom. The molecule has 0 aliphatic rings. The Morgan fingerprint density at radius 1 is 1.11 bits per heavy atom. The van der Waals surface area contributed by atoms with Crippen molar-refractivity contribution < 1.29 is 13.2 Å². The lowest BCUT2D eigenvalue weighted by molar-refractivity contribution is -0.137. The monoisotopic (exact) mass is 389 g/mol. The molecule has 0 fully saturated rings. The van der Waals surface area contributed by atoms with Crippen LogP contribution in [0.5, 0.6) is 0 Å². The number of benzene rings is 1. The van der Waals surface area contributed by atoms with Crippen LogP contribution < -0.4 is 5.32 Å². The lowest BCUT2D eigenvalue weighted by Gasteiger charge is -2.07. The summed E-state index contributed by atoms with van der Waals surface area (Å²) in [5.74, 6) is 0. The van der Waals surface area contributed by atoms with Crippen molar-refractivity contribution in [2.75, 3.05) is 11.9 Å². The smallest absolute Gasteiger partial charge is 0.360 e. The van der Waals surface area contributed by atoms with Crippen LogP contribution in [-0.2, 0) is 12.6 Å². The van der Waals surface area contributed by atoms with Crippen LogP contribution in [0, 0.1) is 0 Å². The number of imidazole rings is 1. The number of halogens is 3. The Balaban J connectivity index is 1.48. The van der Waals surface area contributed by atoms with E-state index in [4.69, 9.17) is 0 Å². The third-order valence-corrected chi connectivity index (χ3v) is 4.79. The minimum absolute atomic E-state index is 0.409. The van der Waals surface area contributed by atoms with Crippen LogP contribution in [-0.4, -0.2) is 26.1 Å². The highest BCUT2D eigenvalue weighted by Gasteiger charge is 2.30. The molecule has 4 rings (SSSR count). The van der Waals surface area contributed by atoms with Crippen LogP contribution >= 0.6 is 11.3 Å². The van der Waals surface area contributed by atoms with Gasteiger partial charge in [0.2, 0.25) is 10.1 Å². The predicted octanol–water partition coefficient (Wildman–Crippen LogP) is 4.53. The normalized spacial score (nSPS) is 11.8. The molecule has 0 saturated carbocycles. The number of nitrogens with zero attached hydrogens (tertiary/aromatic N) is 4. The number of aromatic nitrogens is 4. The van der Waals surface area contributed by atoms with Crippen LogP contribution in [0.4, 0.5) is 18.3 Å². The van der Waals surface area contributed by atoms with Gasteiger partial charge in [0.05, 0.1) is 17.5 Å². The van der Waals surface area contributed by atoms with Crippen LogP contribution in [0.3, 0.4) is 0 Å². The Labute approximate surface area is 156 Å². The largest absolute Gasteiger partial charge is 0.416 e. The summed E-state index contributed by atoms with van der Waals surface area (Å²) in [7, 11) is 0. The lowest BCUT2D eigenvalue weighted by Crippen LogP contribution is -2.05. The maximum atomic E-state index is 12.9. The molecule has 0 unspecified atom stereocenters. The highest BCUT2D eigenvalue weighted by atomic mass is 32.1. The number of anilines is 1. The van der Waals surface area contributed by atoms with Crippen molar-refractivity contribution in [2.45, 2.75) is 12.6 Å². The summed E-state index contributed by atoms with van der Waals surface area (Å²) in [6, 6.07) is 10.9. The molecule has 0 bridgehead atoms. The quantitative estimate of drug-likeness (QED) is 0.545. The Hall–Kier alpha value is -2.94. The van der Waals surface area contributed by atoms with E-state index in [0.29, 0.717) is 27.9 Å². The van der Waals surface area contributed by atoms with Gasteiger partial charge in [-0.15, -0.1) is 5.10 Å². The summed E-state index contributed by atoms with van der Waals surface area (Å²) in [6.45, 7) is 0.675. The third kappa shape index (κ3) is 3.92. The van der Waals surface area contributed by atoms with E-state index in [-0.39, 0.29) is 0 Å². The zero-order chi connectivity index (χ0) is 18.9. The molecule has 4 aromatic rings. The molecule has 5 nitrogen and oxygen atoms in total. The molecule has 0 amide bonds. The van der Waals surface area contributed by atoms with Crippen LogP contribution in [0.25, 0.3) is 16.2 Å². The van der Waals surface area contributed by atoms with Crippen molar-refractivity contribution in [3.63, 3.8) is 0 Å². The van der Waals surface area contributed by atoms with Crippen molar-refractivity contribution >= 4 is 21.4 Å². The predicted molar refractivity (Wildman–Crippen MR) is 97.7 cm³/mol. The van der Waals surface area contributed by atoms with Crippen molar-refractivity contribution in [2.24, 2.45) is 0 Å². The van der Waals surface area contributed by atoms with E-state index in [1.807, 2.05) is 18.2 Å². The topological polar surface area (TPSA) is 55.1 Å². The fourth-order valence-corrected chi connectivity index (χ4v) is 3.42. The fraction of sp³-hybridized carbons (Fsp3) is 0.167. The highest BCUT2D eigenvalue weighted by Crippen LogP contribution is 2.32. The SMILES string of the molecule is FC(F)(F)c1cccc(-c2cn3nc(NCCc4ccccn4)sc3n2)c1. The molecule has 3 aromatic heterocycles. The van der Waals surface area contributed by atoms with Gasteiger partial charge in [-0.3, -0.25) is 4.98 Å². The summed E-state index contributed by atoms with van der Waals surface area (Å²) < 4.78 is 40.2. The molecule has 0 aliphatic carbocycles. The molecule has 0 saturated heterocycles. The zero-order valence-corrected chi connectivity index (χ0v) is 14.8. The second-order valence-corrected chi connectivity index (χ2v) is 6.79. The van der Waals surface area contributed by atoms with Gasteiger partial charge < -0.3 is 5.32 Å². The molecule has 1 N–H and O–H groups in total. The van der Waals surface area contributed by atoms with Gasteiger partial charge in [-0.2, -0.15) is 13.2 Å². The van der Waals surface area contributed by atoms with Crippen molar-refractivity contribution in [3.8, 4) is 11.3 Å². The van der Waals surface area contributed by atoms with Crippen molar-refractivity contribution in [3.05, 3.63) is 66.1 Å². The van der Waals surface area contributed by atoms with Crippen molar-refractivity contribution in [1.82, 2.24) is 19.6 Å². The minimum Gasteiger partial charge on any atom is -0.360 e. The van der Waals surface area contributed by atoms with Crippen LogP contribution in [0.1, 0.15) is 11.3 Å². The second kappa shape index (κ2) is 6.99. The molecule has 1 aromatic carbocycles. The Morgan fingerprint density at radius 3 is 2.74 bits per heavy atom. The van der Waals surface area contributed by atoms with Gasteiger partial charge in [0.1, 0.15) is 0 Å². The number of alkyl halides is 3. The number of hydrogen-bond acceptors (Lipinski definition) is 5. The first-order valence-corrected chi connectivity index (χ1v) is 8.98. The molecular weight excluding hydrogens is 375 g/mol. The molecule has 0 spiro atoms. The maximum absolute atomic E-state index is 12.9. The molecule has 0 atom stereocenters. The second-order valence-electron chi connectivity index (χ2n) is 5.84. The molecule has 0 aliphatic heterocycles. The fourth-order valence-electron chi connectivity index (χ4n) is 2.61. The lowest BCUT2D eigenvalue weighted by atomic mass is 10.1. The van der Waals surface area contributed by atoms with E-state index in [1.54, 1.807) is 23.0 Å². The summed E-state index contributed by atoms with van der Waals surface area (Å²) in [4.78, 5) is 9.26. The zero-order valence-electron chi connectivity index (χ0n) is 13.9. The molecule has 9 heteroatoms. The van der Waals surface area contributed by atoms with Gasteiger partial charge in [-0.05, 0) is 24.3 Å². The van der Waals surface area contributed by atoms with E-state index in [1.165, 1.54) is 17.4 Å². The molecule has 3 heterocycles. The first-order valence-electron chi connectivity index (χ1n) is 8.17. The van der Waals surface area contributed by atoms with Gasteiger partial charge in [0, 0.05) is 30.4 Å². The number of nitrogens with one attached hydrogen (secondary N) is 1. The number of hydrogen-bond donors (Lipinski definition) is 1. The number of fused-ring (bicyclic) bond motifs is 1. The molecule has 0 radical (unpaired) electrons. The van der Waals surface area contributed by atoms with Gasteiger partial charge in [0.25, 0.3) is 0 Å². The summed E-state index contributed by atoms with van der Waals surface area (Å²) in [5.41, 5.74) is 1.16. The first kappa shape index (κ1) is 17.5. The van der Waals surface area contributed by atoms with Crippen molar-refractivity contribution in [1.29, 1.82) is 0 Å². The van der Waals surface area contributed by atoms with Crippen LogP contribution in [0.2, 0.25) is 0 Å². The van der Waals surface area contributed by atoms with E-state index in [9.17, 15) is 13.2 Å². The van der Waals surface area contributed by atoms with E-state index in [0.717, 1.165) is 24.2 Å². The first-order chi connectivity index (χ1) is 13.0. The van der Waals surface area contributed by atoms with Gasteiger partial charge in [-0.25, -0.2) is 9.50 Å². The average Bonchev–Trinajstić information content (AvgIpc) is 3.21. The van der Waals surface area contributed by atoms with Gasteiger partial charge in [0.15, 0.2) is 0 Å².